The van der Waals surface area contributed by atoms with Gasteiger partial charge in [-0.05, 0) is 19.9 Å². The minimum absolute atomic E-state index is 0. The highest BCUT2D eigenvalue weighted by atomic mass is 35.5. The molecule has 0 spiro atoms. The molecule has 1 aromatic carbocycles. The van der Waals surface area contributed by atoms with E-state index in [1.807, 2.05) is 30.3 Å². The van der Waals surface area contributed by atoms with E-state index in [0.29, 0.717) is 5.69 Å². The Hall–Kier alpha value is -2.60. The van der Waals surface area contributed by atoms with Gasteiger partial charge < -0.3 is 15.2 Å². The number of hydrogen-bond donors (Lipinski definition) is 1. The predicted octanol–water partition coefficient (Wildman–Crippen LogP) is 3.11. The van der Waals surface area contributed by atoms with Crippen LogP contribution in [0.1, 0.15) is 34.6 Å². The average Bonchev–Trinajstić information content (AvgIpc) is 2.55. The third kappa shape index (κ3) is 4.23. The Morgan fingerprint density at radius 2 is 1.62 bits per heavy atom. The smallest absolute Gasteiger partial charge is 0.342 e. The highest BCUT2D eigenvalue weighted by Crippen LogP contribution is 2.25. The first-order chi connectivity index (χ1) is 11.1. The van der Waals surface area contributed by atoms with Gasteiger partial charge in [-0.15, -0.1) is 12.4 Å². The van der Waals surface area contributed by atoms with Gasteiger partial charge in [0.25, 0.3) is 0 Å². The van der Waals surface area contributed by atoms with E-state index in [1.54, 1.807) is 13.8 Å². The summed E-state index contributed by atoms with van der Waals surface area (Å²) in [6.07, 6.45) is 0. The largest absolute Gasteiger partial charge is 0.462 e. The summed E-state index contributed by atoms with van der Waals surface area (Å²) in [5.74, 6) is -1.39. The van der Waals surface area contributed by atoms with E-state index < -0.39 is 11.9 Å². The molecule has 0 aliphatic heterocycles. The number of carbonyl (C=O) groups is 2. The van der Waals surface area contributed by atoms with Gasteiger partial charge in [0.15, 0.2) is 0 Å². The van der Waals surface area contributed by atoms with Crippen LogP contribution in [0.3, 0.4) is 0 Å². The number of nitrogens with zero attached hydrogens (tertiary/aromatic N) is 1. The van der Waals surface area contributed by atoms with Crippen molar-refractivity contribution in [3.8, 4) is 11.3 Å². The van der Waals surface area contributed by atoms with Gasteiger partial charge in [0.1, 0.15) is 11.4 Å². The van der Waals surface area contributed by atoms with Crippen molar-refractivity contribution in [2.45, 2.75) is 13.8 Å². The number of esters is 2. The number of aromatic nitrogens is 1. The normalized spacial score (nSPS) is 9.75. The molecule has 2 N–H and O–H groups in total. The number of rotatable bonds is 5. The van der Waals surface area contributed by atoms with Crippen molar-refractivity contribution in [3.63, 3.8) is 0 Å². The Bertz CT molecular complexity index is 720. The molecule has 6 nitrogen and oxygen atoms in total. The zero-order chi connectivity index (χ0) is 16.8. The highest BCUT2D eigenvalue weighted by Gasteiger charge is 2.24. The van der Waals surface area contributed by atoms with Crippen molar-refractivity contribution in [2.24, 2.45) is 0 Å². The van der Waals surface area contributed by atoms with E-state index in [-0.39, 0.29) is 42.6 Å². The Morgan fingerprint density at radius 1 is 1.04 bits per heavy atom. The maximum absolute atomic E-state index is 12.2. The number of benzene rings is 1. The number of hydrogen-bond acceptors (Lipinski definition) is 6. The zero-order valence-corrected chi connectivity index (χ0v) is 14.3. The molecule has 0 fully saturated rings. The van der Waals surface area contributed by atoms with Crippen molar-refractivity contribution in [3.05, 3.63) is 47.5 Å². The molecule has 0 saturated heterocycles. The van der Waals surface area contributed by atoms with Crippen LogP contribution in [0.15, 0.2) is 36.4 Å². The molecule has 7 heteroatoms. The van der Waals surface area contributed by atoms with E-state index in [2.05, 4.69) is 4.98 Å². The van der Waals surface area contributed by atoms with Crippen LogP contribution in [0.5, 0.6) is 0 Å². The summed E-state index contributed by atoms with van der Waals surface area (Å²) in [4.78, 5) is 28.5. The molecule has 0 aliphatic carbocycles. The van der Waals surface area contributed by atoms with Gasteiger partial charge in [0.05, 0.1) is 24.5 Å². The number of nitrogens with two attached hydrogens (primary N) is 1. The summed E-state index contributed by atoms with van der Waals surface area (Å²) in [5, 5.41) is 0. The van der Waals surface area contributed by atoms with Crippen LogP contribution in [-0.2, 0) is 9.47 Å². The molecule has 0 aliphatic rings. The Labute approximate surface area is 146 Å². The molecule has 0 saturated carbocycles. The lowest BCUT2D eigenvalue weighted by molar-refractivity contribution is 0.0479. The van der Waals surface area contributed by atoms with E-state index in [1.165, 1.54) is 6.07 Å². The van der Waals surface area contributed by atoms with Crippen LogP contribution < -0.4 is 5.73 Å². The van der Waals surface area contributed by atoms with Gasteiger partial charge in [0.2, 0.25) is 0 Å². The van der Waals surface area contributed by atoms with Crippen molar-refractivity contribution < 1.29 is 19.1 Å². The van der Waals surface area contributed by atoms with Crippen molar-refractivity contribution in [2.75, 3.05) is 18.9 Å². The van der Waals surface area contributed by atoms with Gasteiger partial charge in [-0.25, -0.2) is 14.6 Å². The van der Waals surface area contributed by atoms with Crippen LogP contribution >= 0.6 is 12.4 Å². The van der Waals surface area contributed by atoms with Gasteiger partial charge in [-0.2, -0.15) is 0 Å². The van der Waals surface area contributed by atoms with Gasteiger partial charge in [-0.3, -0.25) is 0 Å². The van der Waals surface area contributed by atoms with Crippen molar-refractivity contribution in [1.82, 2.24) is 4.98 Å². The second-order valence-corrected chi connectivity index (χ2v) is 4.62. The summed E-state index contributed by atoms with van der Waals surface area (Å²) < 4.78 is 9.97. The third-order valence-corrected chi connectivity index (χ3v) is 3.09. The first-order valence-electron chi connectivity index (χ1n) is 7.28. The molecule has 0 atom stereocenters. The topological polar surface area (TPSA) is 91.5 Å². The molecule has 2 rings (SSSR count). The third-order valence-electron chi connectivity index (χ3n) is 3.09. The molecule has 1 aromatic heterocycles. The lowest BCUT2D eigenvalue weighted by atomic mass is 10.0. The van der Waals surface area contributed by atoms with Crippen molar-refractivity contribution in [1.29, 1.82) is 0 Å². The fourth-order valence-corrected chi connectivity index (χ4v) is 2.11. The molecule has 0 bridgehead atoms. The molecule has 0 amide bonds. The van der Waals surface area contributed by atoms with Crippen LogP contribution in [0.2, 0.25) is 0 Å². The molecule has 128 valence electrons. The minimum atomic E-state index is -0.694. The monoisotopic (exact) mass is 350 g/mol. The zero-order valence-electron chi connectivity index (χ0n) is 13.4. The maximum atomic E-state index is 12.2. The van der Waals surface area contributed by atoms with E-state index >= 15 is 0 Å². The number of pyridine rings is 1. The minimum Gasteiger partial charge on any atom is -0.462 e. The summed E-state index contributed by atoms with van der Waals surface area (Å²) in [6, 6.07) is 10.7. The maximum Gasteiger partial charge on any atom is 0.342 e. The molecule has 1 heterocycles. The van der Waals surface area contributed by atoms with Crippen LogP contribution in [0, 0.1) is 0 Å². The summed E-state index contributed by atoms with van der Waals surface area (Å²) in [5.41, 5.74) is 7.16. The predicted molar refractivity (Wildman–Crippen MR) is 93.2 cm³/mol. The summed E-state index contributed by atoms with van der Waals surface area (Å²) >= 11 is 0. The van der Waals surface area contributed by atoms with Crippen LogP contribution in [0.4, 0.5) is 5.82 Å². The molecule has 24 heavy (non-hydrogen) atoms. The number of carbonyl (C=O) groups excluding carboxylic acids is 2. The average molecular weight is 351 g/mol. The molecular formula is C17H19ClN2O4. The van der Waals surface area contributed by atoms with Gasteiger partial charge >= 0.3 is 11.9 Å². The van der Waals surface area contributed by atoms with E-state index in [9.17, 15) is 9.59 Å². The highest BCUT2D eigenvalue weighted by molar-refractivity contribution is 6.07. The van der Waals surface area contributed by atoms with Gasteiger partial charge in [-0.1, -0.05) is 30.3 Å². The molecule has 0 radical (unpaired) electrons. The Kier molecular flexibility index (Phi) is 7.20. The number of anilines is 1. The SMILES string of the molecule is CCOC(=O)c1cc(-c2ccccc2)nc(N)c1C(=O)OCC.Cl. The first-order valence-corrected chi connectivity index (χ1v) is 7.28. The van der Waals surface area contributed by atoms with Crippen molar-refractivity contribution >= 4 is 30.2 Å². The quantitative estimate of drug-likeness (QED) is 0.833. The number of nitrogen functional groups attached to an aromatic ring is 1. The fraction of sp³-hybridized carbons (Fsp3) is 0.235. The molecular weight excluding hydrogens is 332 g/mol. The Balaban J connectivity index is 0.00000288. The van der Waals surface area contributed by atoms with Crippen LogP contribution in [-0.4, -0.2) is 30.1 Å². The Morgan fingerprint density at radius 3 is 2.21 bits per heavy atom. The van der Waals surface area contributed by atoms with Crippen LogP contribution in [0.25, 0.3) is 11.3 Å². The van der Waals surface area contributed by atoms with E-state index in [4.69, 9.17) is 15.2 Å². The lowest BCUT2D eigenvalue weighted by Crippen LogP contribution is -2.17. The first kappa shape index (κ1) is 19.4. The summed E-state index contributed by atoms with van der Waals surface area (Å²) in [6.45, 7) is 3.71. The number of halogens is 1. The second kappa shape index (κ2) is 8.88. The lowest BCUT2D eigenvalue weighted by Gasteiger charge is -2.12. The summed E-state index contributed by atoms with van der Waals surface area (Å²) in [7, 11) is 0. The van der Waals surface area contributed by atoms with Gasteiger partial charge in [0, 0.05) is 5.56 Å². The molecule has 0 unspecified atom stereocenters. The fourth-order valence-electron chi connectivity index (χ4n) is 2.11. The van der Waals surface area contributed by atoms with E-state index in [0.717, 1.165) is 5.56 Å². The second-order valence-electron chi connectivity index (χ2n) is 4.62. The number of ether oxygens (including phenoxy) is 2. The standard InChI is InChI=1S/C17H18N2O4.ClH/c1-3-22-16(20)12-10-13(11-8-6-5-7-9-11)19-15(18)14(12)17(21)23-4-2;/h5-10H,3-4H2,1-2H3,(H2,18,19);1H. The molecule has 2 aromatic rings.